The molecule has 3 heteroatoms. The molecule has 2 aliphatic rings. The van der Waals surface area contributed by atoms with Crippen LogP contribution in [0.1, 0.15) is 63.2 Å². The number of benzene rings is 1. The SMILES string of the molecule is C=C(C)/C=C\C1=C(C)C2=C(c3ccc(C)cc3)C12c1ccnc(C)n1.CCCN(C)CCC. The lowest BCUT2D eigenvalue weighted by atomic mass is 9.71. The second-order valence-electron chi connectivity index (χ2n) is 9.38. The van der Waals surface area contributed by atoms with Gasteiger partial charge >= 0.3 is 0 Å². The molecule has 0 saturated carbocycles. The molecule has 0 fully saturated rings. The number of hydrogen-bond acceptors (Lipinski definition) is 3. The third kappa shape index (κ3) is 4.94. The fraction of sp³-hybridized carbons (Fsp3) is 0.400. The van der Waals surface area contributed by atoms with Crippen LogP contribution in [0.3, 0.4) is 0 Å². The van der Waals surface area contributed by atoms with E-state index < -0.39 is 0 Å². The summed E-state index contributed by atoms with van der Waals surface area (Å²) < 4.78 is 0. The summed E-state index contributed by atoms with van der Waals surface area (Å²) in [6.45, 7) is 19.2. The van der Waals surface area contributed by atoms with Crippen LogP contribution in [0, 0.1) is 13.8 Å². The highest BCUT2D eigenvalue weighted by atomic mass is 15.1. The third-order valence-electron chi connectivity index (χ3n) is 6.37. The molecule has 0 amide bonds. The lowest BCUT2D eigenvalue weighted by Gasteiger charge is -2.31. The maximum Gasteiger partial charge on any atom is 0.125 e. The molecule has 1 aromatic carbocycles. The van der Waals surface area contributed by atoms with Gasteiger partial charge in [0.05, 0.1) is 11.1 Å². The molecular formula is C30H39N3. The summed E-state index contributed by atoms with van der Waals surface area (Å²) in [5.41, 5.74) is 10.1. The zero-order chi connectivity index (χ0) is 24.2. The second kappa shape index (κ2) is 10.4. The van der Waals surface area contributed by atoms with E-state index in [2.05, 4.69) is 93.7 Å². The Morgan fingerprint density at radius 1 is 1.00 bits per heavy atom. The minimum Gasteiger partial charge on any atom is -0.306 e. The van der Waals surface area contributed by atoms with Crippen LogP contribution in [0.4, 0.5) is 0 Å². The molecular weight excluding hydrogens is 402 g/mol. The Balaban J connectivity index is 0.000000331. The monoisotopic (exact) mass is 441 g/mol. The number of aryl methyl sites for hydroxylation is 2. The van der Waals surface area contributed by atoms with Crippen molar-refractivity contribution in [2.24, 2.45) is 0 Å². The van der Waals surface area contributed by atoms with Gasteiger partial charge in [-0.2, -0.15) is 0 Å². The molecule has 0 aliphatic heterocycles. The minimum absolute atomic E-state index is 0.154. The summed E-state index contributed by atoms with van der Waals surface area (Å²) in [4.78, 5) is 11.4. The second-order valence-corrected chi connectivity index (χ2v) is 9.38. The van der Waals surface area contributed by atoms with Crippen LogP contribution in [0.2, 0.25) is 0 Å². The molecule has 1 atom stereocenters. The van der Waals surface area contributed by atoms with Crippen LogP contribution in [0.15, 0.2) is 77.6 Å². The summed E-state index contributed by atoms with van der Waals surface area (Å²) in [6, 6.07) is 10.9. The maximum atomic E-state index is 4.77. The van der Waals surface area contributed by atoms with Crippen molar-refractivity contribution < 1.29 is 0 Å². The highest BCUT2D eigenvalue weighted by Crippen LogP contribution is 2.73. The maximum absolute atomic E-state index is 4.77. The normalized spacial score (nSPS) is 18.8. The summed E-state index contributed by atoms with van der Waals surface area (Å²) in [7, 11) is 2.17. The summed E-state index contributed by atoms with van der Waals surface area (Å²) in [5.74, 6) is 0.814. The van der Waals surface area contributed by atoms with Gasteiger partial charge in [-0.05, 0) is 94.6 Å². The number of hydrogen-bond donors (Lipinski definition) is 0. The molecule has 2 aliphatic carbocycles. The lowest BCUT2D eigenvalue weighted by Crippen LogP contribution is -2.26. The van der Waals surface area contributed by atoms with E-state index in [0.717, 1.165) is 17.1 Å². The Hall–Kier alpha value is -2.78. The molecule has 3 nitrogen and oxygen atoms in total. The standard InChI is InChI=1S/C23H22N2.C7H17N/c1-14(2)6-11-19-16(4)21-22(18-9-7-15(3)8-10-18)23(19,21)20-12-13-24-17(5)25-20;1-4-6-8(3)7-5-2/h6-13H,1H2,2-5H3;4-7H2,1-3H3/b11-6-;. The number of nitrogens with zero attached hydrogens (tertiary/aromatic N) is 3. The van der Waals surface area contributed by atoms with Crippen molar-refractivity contribution in [2.45, 2.75) is 59.8 Å². The van der Waals surface area contributed by atoms with Crippen LogP contribution in [-0.4, -0.2) is 35.0 Å². The van der Waals surface area contributed by atoms with Gasteiger partial charge < -0.3 is 4.90 Å². The third-order valence-corrected chi connectivity index (χ3v) is 6.37. The average Bonchev–Trinajstić information content (AvgIpc) is 3.39. The Bertz CT molecular complexity index is 1100. The van der Waals surface area contributed by atoms with E-state index in [1.807, 2.05) is 20.0 Å². The Labute approximate surface area is 200 Å². The highest BCUT2D eigenvalue weighted by Gasteiger charge is 2.65. The first-order valence-corrected chi connectivity index (χ1v) is 12.1. The van der Waals surface area contributed by atoms with Gasteiger partial charge in [0.25, 0.3) is 0 Å². The Morgan fingerprint density at radius 2 is 1.64 bits per heavy atom. The van der Waals surface area contributed by atoms with Gasteiger partial charge in [-0.3, -0.25) is 0 Å². The molecule has 0 radical (unpaired) electrons. The van der Waals surface area contributed by atoms with Crippen molar-refractivity contribution in [3.05, 3.63) is 100 Å². The van der Waals surface area contributed by atoms with Crippen molar-refractivity contribution in [3.63, 3.8) is 0 Å². The molecule has 174 valence electrons. The fourth-order valence-electron chi connectivity index (χ4n) is 4.86. The summed E-state index contributed by atoms with van der Waals surface area (Å²) in [6.07, 6.45) is 8.71. The van der Waals surface area contributed by atoms with Gasteiger partial charge in [0.1, 0.15) is 5.82 Å². The smallest absolute Gasteiger partial charge is 0.125 e. The summed E-state index contributed by atoms with van der Waals surface area (Å²) in [5, 5.41) is 0. The first kappa shape index (κ1) is 24.9. The van der Waals surface area contributed by atoms with Crippen LogP contribution in [0.25, 0.3) is 5.57 Å². The van der Waals surface area contributed by atoms with Crippen molar-refractivity contribution in [1.82, 2.24) is 14.9 Å². The first-order chi connectivity index (χ1) is 15.8. The van der Waals surface area contributed by atoms with E-state index in [1.165, 1.54) is 59.4 Å². The molecule has 0 N–H and O–H groups in total. The molecule has 0 saturated heterocycles. The molecule has 0 spiro atoms. The van der Waals surface area contributed by atoms with Crippen molar-refractivity contribution >= 4 is 5.57 Å². The quantitative estimate of drug-likeness (QED) is 0.413. The number of aromatic nitrogens is 2. The topological polar surface area (TPSA) is 29.0 Å². The molecule has 4 rings (SSSR count). The van der Waals surface area contributed by atoms with Gasteiger partial charge in [0, 0.05) is 6.20 Å². The zero-order valence-corrected chi connectivity index (χ0v) is 21.5. The van der Waals surface area contributed by atoms with E-state index in [0.29, 0.717) is 0 Å². The van der Waals surface area contributed by atoms with Crippen molar-refractivity contribution in [3.8, 4) is 0 Å². The number of rotatable bonds is 8. The van der Waals surface area contributed by atoms with Crippen LogP contribution >= 0.6 is 0 Å². The average molecular weight is 442 g/mol. The molecule has 0 bridgehead atoms. The predicted molar refractivity (Wildman–Crippen MR) is 141 cm³/mol. The minimum atomic E-state index is -0.154. The van der Waals surface area contributed by atoms with Gasteiger partial charge in [0.15, 0.2) is 0 Å². The van der Waals surface area contributed by atoms with E-state index in [9.17, 15) is 0 Å². The van der Waals surface area contributed by atoms with E-state index in [1.54, 1.807) is 0 Å². The fourth-order valence-corrected chi connectivity index (χ4v) is 4.86. The lowest BCUT2D eigenvalue weighted by molar-refractivity contribution is 0.335. The molecule has 2 aromatic rings. The molecule has 1 aromatic heterocycles. The number of allylic oxidation sites excluding steroid dienone is 7. The Kier molecular flexibility index (Phi) is 7.86. The predicted octanol–water partition coefficient (Wildman–Crippen LogP) is 7.00. The van der Waals surface area contributed by atoms with E-state index >= 15 is 0 Å². The first-order valence-electron chi connectivity index (χ1n) is 12.1. The van der Waals surface area contributed by atoms with Crippen LogP contribution in [0.5, 0.6) is 0 Å². The van der Waals surface area contributed by atoms with Gasteiger partial charge in [-0.15, -0.1) is 0 Å². The van der Waals surface area contributed by atoms with Gasteiger partial charge in [-0.1, -0.05) is 68.0 Å². The molecule has 1 unspecified atom stereocenters. The van der Waals surface area contributed by atoms with Gasteiger partial charge in [0.2, 0.25) is 0 Å². The number of fused-ring (bicyclic) bond motifs is 1. The van der Waals surface area contributed by atoms with Crippen LogP contribution < -0.4 is 0 Å². The van der Waals surface area contributed by atoms with E-state index in [-0.39, 0.29) is 5.41 Å². The van der Waals surface area contributed by atoms with Gasteiger partial charge in [-0.25, -0.2) is 9.97 Å². The van der Waals surface area contributed by atoms with E-state index in [4.69, 9.17) is 4.98 Å². The van der Waals surface area contributed by atoms with Crippen LogP contribution in [-0.2, 0) is 5.41 Å². The van der Waals surface area contributed by atoms with Crippen molar-refractivity contribution in [2.75, 3.05) is 20.1 Å². The highest BCUT2D eigenvalue weighted by molar-refractivity contribution is 6.09. The Morgan fingerprint density at radius 3 is 2.18 bits per heavy atom. The zero-order valence-electron chi connectivity index (χ0n) is 21.5. The molecule has 33 heavy (non-hydrogen) atoms. The largest absolute Gasteiger partial charge is 0.306 e. The molecule has 1 heterocycles. The summed E-state index contributed by atoms with van der Waals surface area (Å²) >= 11 is 0. The van der Waals surface area contributed by atoms with Crippen molar-refractivity contribution in [1.29, 1.82) is 0 Å².